The lowest BCUT2D eigenvalue weighted by atomic mass is 10.0. The third-order valence-corrected chi connectivity index (χ3v) is 6.61. The van der Waals surface area contributed by atoms with E-state index in [0.29, 0.717) is 11.3 Å². The van der Waals surface area contributed by atoms with Crippen LogP contribution in [-0.2, 0) is 13.0 Å². The molecule has 0 spiro atoms. The van der Waals surface area contributed by atoms with Crippen molar-refractivity contribution in [3.05, 3.63) is 88.7 Å². The number of rotatable bonds is 8. The van der Waals surface area contributed by atoms with Gasteiger partial charge in [-0.1, -0.05) is 49.4 Å². The minimum absolute atomic E-state index is 0.0692. The predicted molar refractivity (Wildman–Crippen MR) is 133 cm³/mol. The van der Waals surface area contributed by atoms with Gasteiger partial charge in [0, 0.05) is 12.2 Å². The van der Waals surface area contributed by atoms with Crippen molar-refractivity contribution in [1.29, 1.82) is 0 Å². The molecule has 1 aliphatic heterocycles. The van der Waals surface area contributed by atoms with Crippen LogP contribution in [0, 0.1) is 0 Å². The number of amides is 2. The Kier molecular flexibility index (Phi) is 7.36. The Morgan fingerprint density at radius 2 is 1.71 bits per heavy atom. The van der Waals surface area contributed by atoms with Gasteiger partial charge in [-0.2, -0.15) is 0 Å². The zero-order valence-electron chi connectivity index (χ0n) is 20.1. The molecule has 0 bridgehead atoms. The molecule has 2 aromatic carbocycles. The van der Waals surface area contributed by atoms with Crippen molar-refractivity contribution < 1.29 is 14.3 Å². The third-order valence-electron chi connectivity index (χ3n) is 6.61. The Balaban J connectivity index is 1.55. The molecule has 6 nitrogen and oxygen atoms in total. The maximum atomic E-state index is 13.3. The van der Waals surface area contributed by atoms with Gasteiger partial charge in [0.15, 0.2) is 0 Å². The van der Waals surface area contributed by atoms with Crippen molar-refractivity contribution in [2.75, 3.05) is 7.11 Å². The summed E-state index contributed by atoms with van der Waals surface area (Å²) in [6.07, 6.45) is 3.60. The minimum Gasteiger partial charge on any atom is -0.497 e. The number of nitrogens with one attached hydrogen (secondary N) is 2. The quantitative estimate of drug-likeness (QED) is 0.486. The number of hydrogen-bond acceptors (Lipinski definition) is 3. The lowest BCUT2D eigenvalue weighted by Crippen LogP contribution is -2.29. The maximum Gasteiger partial charge on any atom is 0.268 e. The smallest absolute Gasteiger partial charge is 0.268 e. The summed E-state index contributed by atoms with van der Waals surface area (Å²) in [7, 11) is 1.63. The summed E-state index contributed by atoms with van der Waals surface area (Å²) in [4.78, 5) is 26.6. The molecule has 0 saturated carbocycles. The summed E-state index contributed by atoms with van der Waals surface area (Å²) < 4.78 is 7.25. The molecule has 0 unspecified atom stereocenters. The number of carbonyl (C=O) groups excluding carboxylic acids is 2. The van der Waals surface area contributed by atoms with Gasteiger partial charge in [-0.05, 0) is 61.9 Å². The Bertz CT molecular complexity index is 1140. The lowest BCUT2D eigenvalue weighted by molar-refractivity contribution is 0.0925. The zero-order chi connectivity index (χ0) is 24.1. The molecule has 3 aromatic rings. The summed E-state index contributed by atoms with van der Waals surface area (Å²) in [6.45, 7) is 4.77. The fraction of sp³-hybridized carbons (Fsp3) is 0.357. The monoisotopic (exact) mass is 459 g/mol. The Morgan fingerprint density at radius 1 is 0.971 bits per heavy atom. The van der Waals surface area contributed by atoms with Crippen LogP contribution < -0.4 is 15.4 Å². The number of hydrogen-bond donors (Lipinski definition) is 2. The van der Waals surface area contributed by atoms with E-state index in [1.165, 1.54) is 0 Å². The van der Waals surface area contributed by atoms with Gasteiger partial charge in [0.05, 0.1) is 24.8 Å². The Hall–Kier alpha value is -3.54. The summed E-state index contributed by atoms with van der Waals surface area (Å²) >= 11 is 0. The first-order valence-corrected chi connectivity index (χ1v) is 12.0. The van der Waals surface area contributed by atoms with Crippen LogP contribution in [0.2, 0.25) is 0 Å². The molecule has 2 N–H and O–H groups in total. The lowest BCUT2D eigenvalue weighted by Gasteiger charge is -2.21. The molecule has 2 heterocycles. The zero-order valence-corrected chi connectivity index (χ0v) is 20.1. The standard InChI is InChI=1S/C28H33N3O3/c1-4-24(21-10-6-5-7-11-21)30-27(32)23-18-26(31-17-9-8-12-25(23)31)28(33)29-19(2)20-13-15-22(34-3)16-14-20/h5-7,10-11,13-16,18-19,24H,4,8-9,12,17H2,1-3H3,(H,29,33)(H,30,32)/t19-,24-/m1/s1. The predicted octanol–water partition coefficient (Wildman–Crippen LogP) is 5.21. The van der Waals surface area contributed by atoms with Crippen LogP contribution in [0.5, 0.6) is 5.75 Å². The van der Waals surface area contributed by atoms with Gasteiger partial charge in [0.2, 0.25) is 0 Å². The van der Waals surface area contributed by atoms with E-state index in [-0.39, 0.29) is 23.9 Å². The summed E-state index contributed by atoms with van der Waals surface area (Å²) in [5.74, 6) is 0.490. The van der Waals surface area contributed by atoms with Crippen molar-refractivity contribution in [1.82, 2.24) is 15.2 Å². The minimum atomic E-state index is -0.173. The first-order chi connectivity index (χ1) is 16.5. The van der Waals surface area contributed by atoms with Gasteiger partial charge >= 0.3 is 0 Å². The van der Waals surface area contributed by atoms with Crippen LogP contribution in [0.4, 0.5) is 0 Å². The molecule has 4 rings (SSSR count). The van der Waals surface area contributed by atoms with Gasteiger partial charge in [-0.25, -0.2) is 0 Å². The summed E-state index contributed by atoms with van der Waals surface area (Å²) in [5.41, 5.74) is 4.18. The number of methoxy groups -OCH3 is 1. The van der Waals surface area contributed by atoms with E-state index in [2.05, 4.69) is 17.6 Å². The van der Waals surface area contributed by atoms with Crippen molar-refractivity contribution in [3.8, 4) is 5.75 Å². The van der Waals surface area contributed by atoms with E-state index in [4.69, 9.17) is 4.74 Å². The highest BCUT2D eigenvalue weighted by Crippen LogP contribution is 2.26. The summed E-state index contributed by atoms with van der Waals surface area (Å²) in [5, 5.41) is 6.28. The number of fused-ring (bicyclic) bond motifs is 1. The fourth-order valence-electron chi connectivity index (χ4n) is 4.65. The topological polar surface area (TPSA) is 72.4 Å². The maximum absolute atomic E-state index is 13.3. The number of nitrogens with zero attached hydrogens (tertiary/aromatic N) is 1. The molecular formula is C28H33N3O3. The molecule has 0 radical (unpaired) electrons. The van der Waals surface area contributed by atoms with Gasteiger partial charge in [0.1, 0.15) is 11.4 Å². The summed E-state index contributed by atoms with van der Waals surface area (Å²) in [6, 6.07) is 19.2. The van der Waals surface area contributed by atoms with Crippen molar-refractivity contribution in [3.63, 3.8) is 0 Å². The molecular weight excluding hydrogens is 426 g/mol. The van der Waals surface area contributed by atoms with Crippen LogP contribution in [0.15, 0.2) is 60.7 Å². The van der Waals surface area contributed by atoms with Gasteiger partial charge < -0.3 is 19.9 Å². The first-order valence-electron chi connectivity index (χ1n) is 12.0. The Labute approximate surface area is 201 Å². The highest BCUT2D eigenvalue weighted by molar-refractivity contribution is 6.01. The van der Waals surface area contributed by atoms with E-state index in [1.54, 1.807) is 13.2 Å². The van der Waals surface area contributed by atoms with Gasteiger partial charge in [-0.3, -0.25) is 9.59 Å². The second kappa shape index (κ2) is 10.6. The van der Waals surface area contributed by atoms with Crippen LogP contribution in [0.3, 0.4) is 0 Å². The van der Waals surface area contributed by atoms with Crippen molar-refractivity contribution in [2.24, 2.45) is 0 Å². The van der Waals surface area contributed by atoms with Crippen molar-refractivity contribution >= 4 is 11.8 Å². The molecule has 0 fully saturated rings. The fourth-order valence-corrected chi connectivity index (χ4v) is 4.65. The largest absolute Gasteiger partial charge is 0.497 e. The van der Waals surface area contributed by atoms with E-state index in [9.17, 15) is 9.59 Å². The highest BCUT2D eigenvalue weighted by Gasteiger charge is 2.27. The SMILES string of the molecule is CC[C@@H](NC(=O)c1cc(C(=O)N[C@H](C)c2ccc(OC)cc2)n2c1CCCC2)c1ccccc1. The molecule has 0 aliphatic carbocycles. The molecule has 178 valence electrons. The van der Waals surface area contributed by atoms with Crippen LogP contribution >= 0.6 is 0 Å². The number of ether oxygens (including phenoxy) is 1. The molecule has 34 heavy (non-hydrogen) atoms. The van der Waals surface area contributed by atoms with E-state index in [1.807, 2.05) is 66.1 Å². The van der Waals surface area contributed by atoms with E-state index in [0.717, 1.165) is 54.8 Å². The molecule has 2 amide bonds. The second-order valence-electron chi connectivity index (χ2n) is 8.81. The van der Waals surface area contributed by atoms with E-state index >= 15 is 0 Å². The first kappa shape index (κ1) is 23.6. The van der Waals surface area contributed by atoms with Crippen LogP contribution in [-0.4, -0.2) is 23.5 Å². The highest BCUT2D eigenvalue weighted by atomic mass is 16.5. The second-order valence-corrected chi connectivity index (χ2v) is 8.81. The molecule has 1 aliphatic rings. The number of carbonyl (C=O) groups is 2. The van der Waals surface area contributed by atoms with Gasteiger partial charge in [0.25, 0.3) is 11.8 Å². The van der Waals surface area contributed by atoms with Gasteiger partial charge in [-0.15, -0.1) is 0 Å². The third kappa shape index (κ3) is 5.01. The molecule has 2 atom stereocenters. The van der Waals surface area contributed by atoms with Crippen LogP contribution in [0.1, 0.15) is 82.9 Å². The normalized spacial score (nSPS) is 14.6. The van der Waals surface area contributed by atoms with E-state index < -0.39 is 0 Å². The number of benzene rings is 2. The molecule has 0 saturated heterocycles. The van der Waals surface area contributed by atoms with Crippen LogP contribution in [0.25, 0.3) is 0 Å². The van der Waals surface area contributed by atoms with Crippen molar-refractivity contribution in [2.45, 2.75) is 58.2 Å². The average Bonchev–Trinajstić information content (AvgIpc) is 3.28. The molecule has 1 aromatic heterocycles. The number of aromatic nitrogens is 1. The Morgan fingerprint density at radius 3 is 2.38 bits per heavy atom. The average molecular weight is 460 g/mol. The molecule has 6 heteroatoms.